The fraction of sp³-hybridized carbons (Fsp3) is 0.125. The lowest BCUT2D eigenvalue weighted by Gasteiger charge is -1.98. The Labute approximate surface area is 78.3 Å². The molecule has 1 aromatic heterocycles. The van der Waals surface area contributed by atoms with Gasteiger partial charge in [-0.25, -0.2) is 4.98 Å². The van der Waals surface area contributed by atoms with Gasteiger partial charge in [0.2, 0.25) is 0 Å². The largest absolute Gasteiger partial charge is 0.398 e. The van der Waals surface area contributed by atoms with E-state index in [0.29, 0.717) is 0 Å². The van der Waals surface area contributed by atoms with E-state index in [9.17, 15) is 0 Å². The molecule has 1 heterocycles. The molecule has 0 aliphatic rings. The zero-order chi connectivity index (χ0) is 8.72. The third-order valence-electron chi connectivity index (χ3n) is 1.86. The van der Waals surface area contributed by atoms with Crippen LogP contribution in [-0.4, -0.2) is 9.55 Å². The van der Waals surface area contributed by atoms with Crippen LogP contribution in [0.4, 0.5) is 5.69 Å². The molecule has 1 aromatic carbocycles. The van der Waals surface area contributed by atoms with E-state index in [-0.39, 0.29) is 0 Å². The first kappa shape index (κ1) is 7.61. The number of fused-ring (bicyclic) bond motifs is 1. The van der Waals surface area contributed by atoms with Crippen LogP contribution >= 0.6 is 15.9 Å². The van der Waals surface area contributed by atoms with Gasteiger partial charge in [0.25, 0.3) is 0 Å². The second kappa shape index (κ2) is 2.48. The topological polar surface area (TPSA) is 43.8 Å². The molecule has 4 heteroatoms. The molecule has 0 saturated heterocycles. The van der Waals surface area contributed by atoms with Crippen LogP contribution in [0.15, 0.2) is 22.9 Å². The molecule has 2 aromatic rings. The second-order valence-electron chi connectivity index (χ2n) is 2.69. The molecule has 62 valence electrons. The second-order valence-corrected chi connectivity index (χ2v) is 3.48. The molecular formula is C8H8BrN3. The average molecular weight is 226 g/mol. The van der Waals surface area contributed by atoms with E-state index in [1.54, 1.807) is 6.33 Å². The number of rotatable bonds is 0. The minimum atomic E-state index is 0.723. The average Bonchev–Trinajstić information content (AvgIpc) is 2.41. The lowest BCUT2D eigenvalue weighted by atomic mass is 10.3. The fourth-order valence-corrected chi connectivity index (χ4v) is 1.62. The van der Waals surface area contributed by atoms with Crippen LogP contribution in [0.1, 0.15) is 0 Å². The highest BCUT2D eigenvalue weighted by Gasteiger charge is 2.05. The van der Waals surface area contributed by atoms with E-state index in [2.05, 4.69) is 20.9 Å². The van der Waals surface area contributed by atoms with E-state index >= 15 is 0 Å². The minimum absolute atomic E-state index is 0.723. The number of aryl methyl sites for hydroxylation is 1. The minimum Gasteiger partial charge on any atom is -0.398 e. The summed E-state index contributed by atoms with van der Waals surface area (Å²) < 4.78 is 2.83. The Morgan fingerprint density at radius 3 is 3.00 bits per heavy atom. The van der Waals surface area contributed by atoms with Gasteiger partial charge in [-0.3, -0.25) is 0 Å². The summed E-state index contributed by atoms with van der Waals surface area (Å²) >= 11 is 3.39. The number of nitrogens with zero attached hydrogens (tertiary/aromatic N) is 2. The van der Waals surface area contributed by atoms with Gasteiger partial charge < -0.3 is 10.3 Å². The molecule has 3 nitrogen and oxygen atoms in total. The van der Waals surface area contributed by atoms with Gasteiger partial charge in [-0.1, -0.05) is 0 Å². The number of halogens is 1. The third kappa shape index (κ3) is 0.914. The predicted octanol–water partition coefficient (Wildman–Crippen LogP) is 1.92. The van der Waals surface area contributed by atoms with E-state index in [1.807, 2.05) is 23.7 Å². The molecule has 0 aliphatic heterocycles. The molecule has 0 radical (unpaired) electrons. The van der Waals surface area contributed by atoms with Crippen LogP contribution < -0.4 is 5.73 Å². The maximum absolute atomic E-state index is 5.70. The number of nitrogens with two attached hydrogens (primary N) is 1. The lowest BCUT2D eigenvalue weighted by molar-refractivity contribution is 0.948. The van der Waals surface area contributed by atoms with Crippen LogP contribution in [0.2, 0.25) is 0 Å². The van der Waals surface area contributed by atoms with Gasteiger partial charge in [0.1, 0.15) is 5.52 Å². The van der Waals surface area contributed by atoms with Crippen LogP contribution in [0.25, 0.3) is 11.0 Å². The maximum atomic E-state index is 5.70. The number of hydrogen-bond acceptors (Lipinski definition) is 2. The highest BCUT2D eigenvalue weighted by molar-refractivity contribution is 9.10. The zero-order valence-corrected chi connectivity index (χ0v) is 8.17. The Kier molecular flexibility index (Phi) is 1.58. The molecule has 0 atom stereocenters. The molecular weight excluding hydrogens is 218 g/mol. The lowest BCUT2D eigenvalue weighted by Crippen LogP contribution is -1.88. The molecule has 0 unspecified atom stereocenters. The van der Waals surface area contributed by atoms with Crippen molar-refractivity contribution in [3.05, 3.63) is 22.9 Å². The van der Waals surface area contributed by atoms with Crippen molar-refractivity contribution in [2.45, 2.75) is 0 Å². The summed E-state index contributed by atoms with van der Waals surface area (Å²) in [6.45, 7) is 0. The zero-order valence-electron chi connectivity index (χ0n) is 6.58. The van der Waals surface area contributed by atoms with Crippen LogP contribution in [-0.2, 0) is 7.05 Å². The number of hydrogen-bond donors (Lipinski definition) is 1. The van der Waals surface area contributed by atoms with Crippen molar-refractivity contribution in [3.63, 3.8) is 0 Å². The number of benzene rings is 1. The van der Waals surface area contributed by atoms with Gasteiger partial charge in [-0.15, -0.1) is 0 Å². The SMILES string of the molecule is Cn1cnc2c(Br)c(N)ccc21. The molecule has 0 spiro atoms. The summed E-state index contributed by atoms with van der Waals surface area (Å²) in [4.78, 5) is 4.21. The standard InChI is InChI=1S/C8H8BrN3/c1-12-4-11-8-6(12)3-2-5(10)7(8)9/h2-4H,10H2,1H3. The van der Waals surface area contributed by atoms with Gasteiger partial charge in [0, 0.05) is 12.7 Å². The summed E-state index contributed by atoms with van der Waals surface area (Å²) in [5.74, 6) is 0. The van der Waals surface area contributed by atoms with Gasteiger partial charge in [0.15, 0.2) is 0 Å². The fourth-order valence-electron chi connectivity index (χ4n) is 1.18. The van der Waals surface area contributed by atoms with Gasteiger partial charge >= 0.3 is 0 Å². The number of anilines is 1. The molecule has 0 aliphatic carbocycles. The molecule has 12 heavy (non-hydrogen) atoms. The normalized spacial score (nSPS) is 10.8. The van der Waals surface area contributed by atoms with Crippen LogP contribution in [0.5, 0.6) is 0 Å². The summed E-state index contributed by atoms with van der Waals surface area (Å²) in [5, 5.41) is 0. The summed E-state index contributed by atoms with van der Waals surface area (Å²) in [6, 6.07) is 3.83. The van der Waals surface area contributed by atoms with Gasteiger partial charge in [-0.05, 0) is 28.1 Å². The number of nitrogen functional groups attached to an aromatic ring is 1. The van der Waals surface area contributed by atoms with Crippen molar-refractivity contribution < 1.29 is 0 Å². The molecule has 0 fully saturated rings. The smallest absolute Gasteiger partial charge is 0.105 e. The molecule has 2 N–H and O–H groups in total. The van der Waals surface area contributed by atoms with Crippen molar-refractivity contribution in [3.8, 4) is 0 Å². The Morgan fingerprint density at radius 1 is 1.50 bits per heavy atom. The van der Waals surface area contributed by atoms with Gasteiger partial charge in [0.05, 0.1) is 16.3 Å². The monoisotopic (exact) mass is 225 g/mol. The molecule has 2 rings (SSSR count). The quantitative estimate of drug-likeness (QED) is 0.697. The Bertz CT molecular complexity index is 433. The molecule has 0 bridgehead atoms. The highest BCUT2D eigenvalue weighted by atomic mass is 79.9. The van der Waals surface area contributed by atoms with Crippen molar-refractivity contribution in [2.24, 2.45) is 7.05 Å². The highest BCUT2D eigenvalue weighted by Crippen LogP contribution is 2.27. The first-order valence-corrected chi connectivity index (χ1v) is 4.34. The van der Waals surface area contributed by atoms with Crippen molar-refractivity contribution in [1.29, 1.82) is 0 Å². The Balaban J connectivity index is 2.93. The van der Waals surface area contributed by atoms with Crippen LogP contribution in [0, 0.1) is 0 Å². The van der Waals surface area contributed by atoms with Crippen LogP contribution in [0.3, 0.4) is 0 Å². The summed E-state index contributed by atoms with van der Waals surface area (Å²) in [7, 11) is 1.96. The first-order chi connectivity index (χ1) is 5.70. The van der Waals surface area contributed by atoms with Crippen molar-refractivity contribution in [2.75, 3.05) is 5.73 Å². The van der Waals surface area contributed by atoms with E-state index in [4.69, 9.17) is 5.73 Å². The predicted molar refractivity (Wildman–Crippen MR) is 52.8 cm³/mol. The Hall–Kier alpha value is -1.03. The maximum Gasteiger partial charge on any atom is 0.105 e. The number of imidazole rings is 1. The van der Waals surface area contributed by atoms with Gasteiger partial charge in [-0.2, -0.15) is 0 Å². The van der Waals surface area contributed by atoms with E-state index < -0.39 is 0 Å². The third-order valence-corrected chi connectivity index (χ3v) is 2.70. The van der Waals surface area contributed by atoms with E-state index in [1.165, 1.54) is 0 Å². The Morgan fingerprint density at radius 2 is 2.25 bits per heavy atom. The van der Waals surface area contributed by atoms with E-state index in [0.717, 1.165) is 21.2 Å². The summed E-state index contributed by atoms with van der Waals surface area (Å²) in [5.41, 5.74) is 8.42. The molecule has 0 saturated carbocycles. The summed E-state index contributed by atoms with van der Waals surface area (Å²) in [6.07, 6.45) is 1.77. The van der Waals surface area contributed by atoms with Crippen molar-refractivity contribution >= 4 is 32.7 Å². The van der Waals surface area contributed by atoms with Crippen molar-refractivity contribution in [1.82, 2.24) is 9.55 Å². The molecule has 0 amide bonds. The number of aromatic nitrogens is 2. The first-order valence-electron chi connectivity index (χ1n) is 3.55.